The molecule has 1 fully saturated rings. The molecular weight excluding hydrogens is 304 g/mol. The molecule has 2 rings (SSSR count). The van der Waals surface area contributed by atoms with Crippen molar-refractivity contribution in [1.82, 2.24) is 10.3 Å². The zero-order valence-electron chi connectivity index (χ0n) is 15.0. The third kappa shape index (κ3) is 6.00. The number of nitrogens with zero attached hydrogens (tertiary/aromatic N) is 2. The number of ether oxygens (including phenoxy) is 1. The van der Waals surface area contributed by atoms with Gasteiger partial charge in [0.1, 0.15) is 11.4 Å². The van der Waals surface area contributed by atoms with Crippen molar-refractivity contribution in [2.75, 3.05) is 24.5 Å². The van der Waals surface area contributed by atoms with Gasteiger partial charge < -0.3 is 20.7 Å². The average Bonchev–Trinajstić information content (AvgIpc) is 2.53. The Balaban J connectivity index is 1.89. The average molecular weight is 334 g/mol. The first-order valence-corrected chi connectivity index (χ1v) is 8.76. The lowest BCUT2D eigenvalue weighted by molar-refractivity contribution is 0.0524. The third-order valence-electron chi connectivity index (χ3n) is 3.91. The number of nitrogens with one attached hydrogen (secondary N) is 1. The molecule has 1 aromatic rings. The number of amides is 1. The molecule has 1 aliphatic heterocycles. The Morgan fingerprint density at radius 2 is 2.08 bits per heavy atom. The SMILES string of the molecule is CC(C)(C)OC(=O)NCC(N)Cc1cccnc1N1CCCCC1. The van der Waals surface area contributed by atoms with Crippen LogP contribution in [0.25, 0.3) is 0 Å². The minimum absolute atomic E-state index is 0.176. The lowest BCUT2D eigenvalue weighted by Crippen LogP contribution is -2.41. The highest BCUT2D eigenvalue weighted by atomic mass is 16.6. The number of piperidine rings is 1. The lowest BCUT2D eigenvalue weighted by atomic mass is 10.1. The van der Waals surface area contributed by atoms with E-state index in [0.29, 0.717) is 13.0 Å². The molecule has 1 amide bonds. The molecular formula is C18H30N4O2. The summed E-state index contributed by atoms with van der Waals surface area (Å²) < 4.78 is 5.23. The van der Waals surface area contributed by atoms with Gasteiger partial charge in [0.05, 0.1) is 0 Å². The summed E-state index contributed by atoms with van der Waals surface area (Å²) in [7, 11) is 0. The summed E-state index contributed by atoms with van der Waals surface area (Å²) in [6.45, 7) is 8.00. The zero-order chi connectivity index (χ0) is 17.6. The van der Waals surface area contributed by atoms with Gasteiger partial charge in [0.15, 0.2) is 0 Å². The number of carbonyl (C=O) groups excluding carboxylic acids is 1. The first kappa shape index (κ1) is 18.5. The van der Waals surface area contributed by atoms with Crippen LogP contribution in [0.4, 0.5) is 10.6 Å². The van der Waals surface area contributed by atoms with Crippen LogP contribution < -0.4 is 16.0 Å². The van der Waals surface area contributed by atoms with Crippen LogP contribution in [-0.4, -0.2) is 42.4 Å². The fourth-order valence-corrected chi connectivity index (χ4v) is 2.86. The van der Waals surface area contributed by atoms with E-state index in [4.69, 9.17) is 10.5 Å². The molecule has 24 heavy (non-hydrogen) atoms. The number of nitrogens with two attached hydrogens (primary N) is 1. The molecule has 1 saturated heterocycles. The molecule has 1 aliphatic rings. The molecule has 0 radical (unpaired) electrons. The summed E-state index contributed by atoms with van der Waals surface area (Å²) in [5, 5.41) is 2.74. The molecule has 134 valence electrons. The van der Waals surface area contributed by atoms with Crippen LogP contribution in [0.5, 0.6) is 0 Å². The number of pyridine rings is 1. The van der Waals surface area contributed by atoms with Gasteiger partial charge >= 0.3 is 6.09 Å². The molecule has 1 atom stereocenters. The van der Waals surface area contributed by atoms with Gasteiger partial charge in [0.2, 0.25) is 0 Å². The largest absolute Gasteiger partial charge is 0.444 e. The Kier molecular flexibility index (Phi) is 6.43. The summed E-state index contributed by atoms with van der Waals surface area (Å²) in [4.78, 5) is 18.6. The molecule has 0 aliphatic carbocycles. The van der Waals surface area contributed by atoms with Crippen LogP contribution >= 0.6 is 0 Å². The zero-order valence-corrected chi connectivity index (χ0v) is 15.0. The van der Waals surface area contributed by atoms with Gasteiger partial charge in [0.25, 0.3) is 0 Å². The highest BCUT2D eigenvalue weighted by Gasteiger charge is 2.19. The fourth-order valence-electron chi connectivity index (χ4n) is 2.86. The van der Waals surface area contributed by atoms with Gasteiger partial charge in [-0.1, -0.05) is 6.07 Å². The van der Waals surface area contributed by atoms with Crippen molar-refractivity contribution < 1.29 is 9.53 Å². The minimum atomic E-state index is -0.501. The van der Waals surface area contributed by atoms with Gasteiger partial charge in [-0.2, -0.15) is 0 Å². The number of hydrogen-bond donors (Lipinski definition) is 2. The van der Waals surface area contributed by atoms with E-state index in [-0.39, 0.29) is 6.04 Å². The highest BCUT2D eigenvalue weighted by molar-refractivity contribution is 5.67. The maximum Gasteiger partial charge on any atom is 0.407 e. The Morgan fingerprint density at radius 3 is 2.75 bits per heavy atom. The molecule has 0 spiro atoms. The van der Waals surface area contributed by atoms with Gasteiger partial charge in [-0.25, -0.2) is 9.78 Å². The maximum atomic E-state index is 11.7. The van der Waals surface area contributed by atoms with Crippen molar-refractivity contribution in [2.24, 2.45) is 5.73 Å². The molecule has 0 aromatic carbocycles. The van der Waals surface area contributed by atoms with Crippen LogP contribution in [0.15, 0.2) is 18.3 Å². The van der Waals surface area contributed by atoms with E-state index in [9.17, 15) is 4.79 Å². The summed E-state index contributed by atoms with van der Waals surface area (Å²) in [6.07, 6.45) is 5.79. The Morgan fingerprint density at radius 1 is 1.38 bits per heavy atom. The van der Waals surface area contributed by atoms with Crippen LogP contribution in [-0.2, 0) is 11.2 Å². The van der Waals surface area contributed by atoms with Crippen LogP contribution in [0.3, 0.4) is 0 Å². The second-order valence-electron chi connectivity index (χ2n) is 7.38. The van der Waals surface area contributed by atoms with Crippen LogP contribution in [0, 0.1) is 0 Å². The van der Waals surface area contributed by atoms with Crippen molar-refractivity contribution in [3.05, 3.63) is 23.9 Å². The van der Waals surface area contributed by atoms with Gasteiger partial charge in [-0.05, 0) is 58.1 Å². The van der Waals surface area contributed by atoms with Crippen LogP contribution in [0.1, 0.15) is 45.6 Å². The second kappa shape index (κ2) is 8.33. The van der Waals surface area contributed by atoms with E-state index in [1.165, 1.54) is 19.3 Å². The number of anilines is 1. The minimum Gasteiger partial charge on any atom is -0.444 e. The number of rotatable bonds is 5. The molecule has 0 bridgehead atoms. The highest BCUT2D eigenvalue weighted by Crippen LogP contribution is 2.22. The van der Waals surface area contributed by atoms with Gasteiger partial charge in [-0.15, -0.1) is 0 Å². The summed E-state index contributed by atoms with van der Waals surface area (Å²) in [5.41, 5.74) is 6.84. The smallest absolute Gasteiger partial charge is 0.407 e. The van der Waals surface area contributed by atoms with Crippen LogP contribution in [0.2, 0.25) is 0 Å². The number of hydrogen-bond acceptors (Lipinski definition) is 5. The first-order chi connectivity index (χ1) is 11.3. The van der Waals surface area contributed by atoms with E-state index in [1.54, 1.807) is 0 Å². The summed E-state index contributed by atoms with van der Waals surface area (Å²) in [5.74, 6) is 1.03. The Labute approximate surface area is 144 Å². The number of alkyl carbamates (subject to hydrolysis) is 1. The molecule has 0 saturated carbocycles. The molecule has 3 N–H and O–H groups in total. The Bertz CT molecular complexity index is 536. The predicted octanol–water partition coefficient (Wildman–Crippen LogP) is 2.47. The van der Waals surface area contributed by atoms with Crippen molar-refractivity contribution in [3.8, 4) is 0 Å². The molecule has 1 unspecified atom stereocenters. The quantitative estimate of drug-likeness (QED) is 0.864. The van der Waals surface area contributed by atoms with Gasteiger partial charge in [0, 0.05) is 31.9 Å². The Hall–Kier alpha value is -1.82. The normalized spacial score (nSPS) is 16.6. The molecule has 6 nitrogen and oxygen atoms in total. The van der Waals surface area contributed by atoms with Crippen molar-refractivity contribution in [1.29, 1.82) is 0 Å². The summed E-state index contributed by atoms with van der Waals surface area (Å²) in [6, 6.07) is 3.84. The van der Waals surface area contributed by atoms with Crippen molar-refractivity contribution in [2.45, 2.75) is 58.1 Å². The van der Waals surface area contributed by atoms with E-state index < -0.39 is 11.7 Å². The number of aromatic nitrogens is 1. The monoisotopic (exact) mass is 334 g/mol. The predicted molar refractivity (Wildman–Crippen MR) is 96.2 cm³/mol. The molecule has 6 heteroatoms. The van der Waals surface area contributed by atoms with Crippen molar-refractivity contribution in [3.63, 3.8) is 0 Å². The van der Waals surface area contributed by atoms with E-state index in [2.05, 4.69) is 21.3 Å². The van der Waals surface area contributed by atoms with Gasteiger partial charge in [-0.3, -0.25) is 0 Å². The maximum absolute atomic E-state index is 11.7. The third-order valence-corrected chi connectivity index (χ3v) is 3.91. The second-order valence-corrected chi connectivity index (χ2v) is 7.38. The molecule has 2 heterocycles. The van der Waals surface area contributed by atoms with E-state index in [1.807, 2.05) is 33.0 Å². The molecule has 1 aromatic heterocycles. The van der Waals surface area contributed by atoms with Crippen molar-refractivity contribution >= 4 is 11.9 Å². The first-order valence-electron chi connectivity index (χ1n) is 8.76. The number of carbonyl (C=O) groups is 1. The topological polar surface area (TPSA) is 80.5 Å². The summed E-state index contributed by atoms with van der Waals surface area (Å²) >= 11 is 0. The lowest BCUT2D eigenvalue weighted by Gasteiger charge is -2.30. The fraction of sp³-hybridized carbons (Fsp3) is 0.667. The van der Waals surface area contributed by atoms with E-state index in [0.717, 1.165) is 24.5 Å². The van der Waals surface area contributed by atoms with E-state index >= 15 is 0 Å². The standard InChI is InChI=1S/C18H30N4O2/c1-18(2,3)24-17(23)21-13-15(19)12-14-8-7-9-20-16(14)22-10-5-4-6-11-22/h7-9,15H,4-6,10-13,19H2,1-3H3,(H,21,23).